The molecule has 0 aliphatic rings. The molecular weight excluding hydrogens is 420 g/mol. The van der Waals surface area contributed by atoms with Crippen LogP contribution in [0.2, 0.25) is 0 Å². The number of rotatable bonds is 6. The zero-order valence-electron chi connectivity index (χ0n) is 18.2. The van der Waals surface area contributed by atoms with E-state index in [1.807, 2.05) is 43.3 Å². The summed E-state index contributed by atoms with van der Waals surface area (Å²) in [6.07, 6.45) is 1.59. The van der Waals surface area contributed by atoms with Crippen molar-refractivity contribution in [2.45, 2.75) is 20.0 Å². The Morgan fingerprint density at radius 3 is 2.82 bits per heavy atom. The normalized spacial score (nSPS) is 11.1. The molecule has 3 aromatic heterocycles. The highest BCUT2D eigenvalue weighted by Gasteiger charge is 2.20. The molecule has 33 heavy (non-hydrogen) atoms. The van der Waals surface area contributed by atoms with Crippen molar-refractivity contribution in [2.24, 2.45) is 0 Å². The number of pyridine rings is 1. The number of hydrogen-bond acceptors (Lipinski definition) is 6. The van der Waals surface area contributed by atoms with Gasteiger partial charge >= 0.3 is 6.03 Å². The molecule has 0 saturated heterocycles. The smallest absolute Gasteiger partial charge is 0.322 e. The number of aryl methyl sites for hydroxylation is 1. The van der Waals surface area contributed by atoms with E-state index >= 15 is 0 Å². The van der Waals surface area contributed by atoms with Crippen LogP contribution in [-0.4, -0.2) is 38.1 Å². The first-order valence-electron chi connectivity index (χ1n) is 10.4. The number of fused-ring (bicyclic) bond motifs is 3. The molecule has 5 aromatic rings. The van der Waals surface area contributed by atoms with Crippen LogP contribution < -0.4 is 10.1 Å². The first kappa shape index (κ1) is 20.5. The second-order valence-electron chi connectivity index (χ2n) is 7.71. The monoisotopic (exact) mass is 442 g/mol. The van der Waals surface area contributed by atoms with Gasteiger partial charge in [0.15, 0.2) is 5.65 Å². The Balaban J connectivity index is 1.52. The molecule has 0 aliphatic carbocycles. The van der Waals surface area contributed by atoms with Crippen molar-refractivity contribution in [1.29, 1.82) is 0 Å². The minimum absolute atomic E-state index is 0.271. The van der Waals surface area contributed by atoms with Crippen LogP contribution in [0.5, 0.6) is 5.75 Å². The number of amides is 2. The Hall–Kier alpha value is -4.40. The molecule has 0 spiro atoms. The van der Waals surface area contributed by atoms with E-state index in [1.165, 1.54) is 0 Å². The minimum Gasteiger partial charge on any atom is -0.495 e. The van der Waals surface area contributed by atoms with Gasteiger partial charge in [0.1, 0.15) is 11.5 Å². The molecule has 2 aromatic carbocycles. The number of urea groups is 1. The topological polar surface area (TPSA) is 97.8 Å². The lowest BCUT2D eigenvalue weighted by Crippen LogP contribution is -2.34. The fourth-order valence-electron chi connectivity index (χ4n) is 3.84. The largest absolute Gasteiger partial charge is 0.495 e. The molecule has 0 bridgehead atoms. The Kier molecular flexibility index (Phi) is 5.35. The quantitative estimate of drug-likeness (QED) is 0.418. The van der Waals surface area contributed by atoms with Crippen LogP contribution in [0, 0.1) is 6.92 Å². The minimum atomic E-state index is -0.300. The molecule has 0 atom stereocenters. The number of anilines is 1. The zero-order valence-corrected chi connectivity index (χ0v) is 18.2. The zero-order chi connectivity index (χ0) is 22.8. The molecule has 0 fully saturated rings. The summed E-state index contributed by atoms with van der Waals surface area (Å²) >= 11 is 0. The van der Waals surface area contributed by atoms with Crippen molar-refractivity contribution in [1.82, 2.24) is 24.9 Å². The highest BCUT2D eigenvalue weighted by Crippen LogP contribution is 2.25. The van der Waals surface area contributed by atoms with E-state index in [2.05, 4.69) is 26.9 Å². The molecule has 0 unspecified atom stereocenters. The predicted octanol–water partition coefficient (Wildman–Crippen LogP) is 4.42. The number of carbonyl (C=O) groups excluding carboxylic acids is 1. The number of para-hydroxylation sites is 2. The van der Waals surface area contributed by atoms with Gasteiger partial charge in [-0.05, 0) is 59.8 Å². The standard InChI is InChI=1S/C24H22N6O3/c1-16-9-10-21-17(12-16)13-18(23-26-27-28-30(21)23)14-29(15-19-6-5-11-33-19)24(31)25-20-7-3-4-8-22(20)32-2/h3-13H,14-15H2,1-2H3,(H,25,31). The van der Waals surface area contributed by atoms with Crippen LogP contribution in [0.3, 0.4) is 0 Å². The first-order chi connectivity index (χ1) is 16.1. The summed E-state index contributed by atoms with van der Waals surface area (Å²) in [6.45, 7) is 2.58. The van der Waals surface area contributed by atoms with Crippen molar-refractivity contribution in [3.05, 3.63) is 83.8 Å². The number of nitrogens with one attached hydrogen (secondary N) is 1. The van der Waals surface area contributed by atoms with E-state index < -0.39 is 0 Å². The Morgan fingerprint density at radius 1 is 1.12 bits per heavy atom. The number of methoxy groups -OCH3 is 1. The maximum Gasteiger partial charge on any atom is 0.322 e. The predicted molar refractivity (Wildman–Crippen MR) is 123 cm³/mol. The number of aromatic nitrogens is 4. The maximum absolute atomic E-state index is 13.4. The third kappa shape index (κ3) is 4.08. The SMILES string of the molecule is COc1ccccc1NC(=O)N(Cc1ccco1)Cc1cc2cc(C)ccc2n2nnnc12. The second kappa shape index (κ2) is 8.62. The van der Waals surface area contributed by atoms with Gasteiger partial charge in [0.2, 0.25) is 0 Å². The highest BCUT2D eigenvalue weighted by atomic mass is 16.5. The second-order valence-corrected chi connectivity index (χ2v) is 7.71. The van der Waals surface area contributed by atoms with Crippen LogP contribution in [0.15, 0.2) is 71.3 Å². The van der Waals surface area contributed by atoms with Crippen molar-refractivity contribution in [3.8, 4) is 5.75 Å². The number of benzene rings is 2. The van der Waals surface area contributed by atoms with Crippen molar-refractivity contribution in [3.63, 3.8) is 0 Å². The molecule has 9 nitrogen and oxygen atoms in total. The fraction of sp³-hybridized carbons (Fsp3) is 0.167. The lowest BCUT2D eigenvalue weighted by molar-refractivity contribution is 0.201. The summed E-state index contributed by atoms with van der Waals surface area (Å²) in [6, 6.07) is 18.7. The number of tetrazole rings is 1. The van der Waals surface area contributed by atoms with E-state index in [9.17, 15) is 4.79 Å². The summed E-state index contributed by atoms with van der Waals surface area (Å²) in [5.74, 6) is 1.24. The van der Waals surface area contributed by atoms with Crippen LogP contribution in [-0.2, 0) is 13.1 Å². The summed E-state index contributed by atoms with van der Waals surface area (Å²) in [4.78, 5) is 15.0. The van der Waals surface area contributed by atoms with Crippen LogP contribution in [0.1, 0.15) is 16.9 Å². The number of furan rings is 1. The number of ether oxygens (including phenoxy) is 1. The Morgan fingerprint density at radius 2 is 2.00 bits per heavy atom. The molecule has 3 heterocycles. The van der Waals surface area contributed by atoms with Gasteiger partial charge in [-0.1, -0.05) is 23.8 Å². The Bertz CT molecular complexity index is 1430. The van der Waals surface area contributed by atoms with Crippen molar-refractivity contribution in [2.75, 3.05) is 12.4 Å². The van der Waals surface area contributed by atoms with Gasteiger partial charge in [0.05, 0.1) is 37.7 Å². The highest BCUT2D eigenvalue weighted by molar-refractivity contribution is 5.91. The molecule has 9 heteroatoms. The third-order valence-corrected chi connectivity index (χ3v) is 5.42. The van der Waals surface area contributed by atoms with E-state index in [1.54, 1.807) is 41.0 Å². The van der Waals surface area contributed by atoms with Gasteiger partial charge in [-0.25, -0.2) is 4.79 Å². The van der Waals surface area contributed by atoms with Gasteiger partial charge in [-0.2, -0.15) is 4.52 Å². The summed E-state index contributed by atoms with van der Waals surface area (Å²) in [5, 5.41) is 16.2. The maximum atomic E-state index is 13.4. The van der Waals surface area contributed by atoms with Gasteiger partial charge in [0, 0.05) is 10.9 Å². The molecule has 0 aliphatic heterocycles. The number of hydrogen-bond donors (Lipinski definition) is 1. The van der Waals surface area contributed by atoms with E-state index in [0.29, 0.717) is 22.8 Å². The number of carbonyl (C=O) groups is 1. The van der Waals surface area contributed by atoms with Crippen molar-refractivity contribution < 1.29 is 13.9 Å². The van der Waals surface area contributed by atoms with E-state index in [-0.39, 0.29) is 19.1 Å². The number of nitrogens with zero attached hydrogens (tertiary/aromatic N) is 5. The average molecular weight is 442 g/mol. The van der Waals surface area contributed by atoms with Crippen LogP contribution in [0.25, 0.3) is 16.6 Å². The molecule has 5 rings (SSSR count). The van der Waals surface area contributed by atoms with E-state index in [0.717, 1.165) is 22.0 Å². The van der Waals surface area contributed by atoms with Crippen molar-refractivity contribution >= 4 is 28.3 Å². The summed E-state index contributed by atoms with van der Waals surface area (Å²) in [7, 11) is 1.57. The van der Waals surface area contributed by atoms with Gasteiger partial charge < -0.3 is 19.4 Å². The van der Waals surface area contributed by atoms with Gasteiger partial charge in [0.25, 0.3) is 0 Å². The lowest BCUT2D eigenvalue weighted by Gasteiger charge is -2.23. The molecule has 1 N–H and O–H groups in total. The van der Waals surface area contributed by atoms with E-state index in [4.69, 9.17) is 9.15 Å². The van der Waals surface area contributed by atoms with Crippen LogP contribution >= 0.6 is 0 Å². The summed E-state index contributed by atoms with van der Waals surface area (Å²) < 4.78 is 12.6. The van der Waals surface area contributed by atoms with Gasteiger partial charge in [-0.3, -0.25) is 0 Å². The third-order valence-electron chi connectivity index (χ3n) is 5.42. The first-order valence-corrected chi connectivity index (χ1v) is 10.4. The Labute approximate surface area is 189 Å². The van der Waals surface area contributed by atoms with Crippen LogP contribution in [0.4, 0.5) is 10.5 Å². The molecule has 2 amide bonds. The summed E-state index contributed by atoms with van der Waals surface area (Å²) in [5.41, 5.74) is 4.03. The average Bonchev–Trinajstić information content (AvgIpc) is 3.51. The molecule has 166 valence electrons. The molecule has 0 saturated carbocycles. The molecular formula is C24H22N6O3. The molecule has 0 radical (unpaired) electrons. The van der Waals surface area contributed by atoms with Gasteiger partial charge in [-0.15, -0.1) is 5.10 Å². The fourth-order valence-corrected chi connectivity index (χ4v) is 3.84. The lowest BCUT2D eigenvalue weighted by atomic mass is 10.1.